The van der Waals surface area contributed by atoms with Gasteiger partial charge in [0.15, 0.2) is 0 Å². The summed E-state index contributed by atoms with van der Waals surface area (Å²) in [5, 5.41) is 0. The molecule has 0 aliphatic carbocycles. The van der Waals surface area contributed by atoms with Crippen molar-refractivity contribution in [1.82, 2.24) is 9.80 Å². The lowest BCUT2D eigenvalue weighted by atomic mass is 10.1. The van der Waals surface area contributed by atoms with E-state index in [2.05, 4.69) is 31.2 Å². The van der Waals surface area contributed by atoms with Crippen LogP contribution in [0.2, 0.25) is 0 Å². The molecule has 0 saturated carbocycles. The molecule has 0 radical (unpaired) electrons. The number of rotatable bonds is 5. The first-order valence-corrected chi connectivity index (χ1v) is 9.77. The number of hydrogen-bond donors (Lipinski definition) is 0. The Morgan fingerprint density at radius 3 is 2.07 bits per heavy atom. The van der Waals surface area contributed by atoms with E-state index < -0.39 is 0 Å². The summed E-state index contributed by atoms with van der Waals surface area (Å²) in [6.07, 6.45) is 2.58. The summed E-state index contributed by atoms with van der Waals surface area (Å²) in [4.78, 5) is 29.0. The Bertz CT molecular complexity index is 756. The normalized spacial score (nSPS) is 14.7. The maximum absolute atomic E-state index is 12.6. The molecule has 0 bridgehead atoms. The third-order valence-corrected chi connectivity index (χ3v) is 5.15. The molecule has 1 saturated heterocycles. The fraction of sp³-hybridized carbons (Fsp3) is 0.391. The molecule has 4 heteroatoms. The molecule has 1 fully saturated rings. The molecule has 4 nitrogen and oxygen atoms in total. The summed E-state index contributed by atoms with van der Waals surface area (Å²) in [7, 11) is 0. The van der Waals surface area contributed by atoms with E-state index in [1.165, 1.54) is 11.1 Å². The van der Waals surface area contributed by atoms with E-state index in [1.807, 2.05) is 40.1 Å². The standard InChI is InChI=1S/C23H28N2O2/c1-19-8-10-20(11-9-19)12-13-22(26)24-14-5-15-25(17-16-24)23(27)18-21-6-3-2-4-7-21/h2-4,6-11H,5,12-18H2,1H3. The SMILES string of the molecule is Cc1ccc(CCC(=O)N2CCCN(C(=O)Cc3ccccc3)CC2)cc1. The highest BCUT2D eigenvalue weighted by atomic mass is 16.2. The molecule has 0 N–H and O–H groups in total. The average molecular weight is 364 g/mol. The monoisotopic (exact) mass is 364 g/mol. The Balaban J connectivity index is 1.47. The van der Waals surface area contributed by atoms with Crippen LogP contribution in [-0.4, -0.2) is 47.8 Å². The van der Waals surface area contributed by atoms with Crippen LogP contribution in [0.3, 0.4) is 0 Å². The Labute approximate surface area is 161 Å². The maximum Gasteiger partial charge on any atom is 0.227 e. The van der Waals surface area contributed by atoms with Gasteiger partial charge in [0.25, 0.3) is 0 Å². The van der Waals surface area contributed by atoms with Crippen LogP contribution >= 0.6 is 0 Å². The van der Waals surface area contributed by atoms with E-state index in [0.717, 1.165) is 31.5 Å². The van der Waals surface area contributed by atoms with Gasteiger partial charge >= 0.3 is 0 Å². The largest absolute Gasteiger partial charge is 0.341 e. The molecule has 1 heterocycles. The highest BCUT2D eigenvalue weighted by Gasteiger charge is 2.21. The first-order chi connectivity index (χ1) is 13.1. The molecular weight excluding hydrogens is 336 g/mol. The zero-order valence-electron chi connectivity index (χ0n) is 16.1. The third-order valence-electron chi connectivity index (χ3n) is 5.15. The second kappa shape index (κ2) is 9.36. The van der Waals surface area contributed by atoms with Crippen molar-refractivity contribution in [2.45, 2.75) is 32.6 Å². The molecule has 0 atom stereocenters. The second-order valence-corrected chi connectivity index (χ2v) is 7.26. The van der Waals surface area contributed by atoms with Crippen LogP contribution in [-0.2, 0) is 22.4 Å². The van der Waals surface area contributed by atoms with Gasteiger partial charge in [0, 0.05) is 32.6 Å². The van der Waals surface area contributed by atoms with Gasteiger partial charge in [0.1, 0.15) is 0 Å². The third kappa shape index (κ3) is 5.68. The fourth-order valence-electron chi connectivity index (χ4n) is 3.46. The molecule has 2 aromatic rings. The molecule has 3 rings (SSSR count). The number of nitrogens with zero attached hydrogens (tertiary/aromatic N) is 2. The van der Waals surface area contributed by atoms with Crippen molar-refractivity contribution in [3.05, 3.63) is 71.3 Å². The summed E-state index contributed by atoms with van der Waals surface area (Å²) in [6, 6.07) is 18.2. The zero-order chi connectivity index (χ0) is 19.1. The number of amides is 2. The van der Waals surface area contributed by atoms with Crippen molar-refractivity contribution >= 4 is 11.8 Å². The predicted molar refractivity (Wildman–Crippen MR) is 107 cm³/mol. The van der Waals surface area contributed by atoms with Crippen molar-refractivity contribution in [1.29, 1.82) is 0 Å². The average Bonchev–Trinajstić information content (AvgIpc) is 2.94. The Kier molecular flexibility index (Phi) is 6.64. The van der Waals surface area contributed by atoms with Gasteiger partial charge in [0.05, 0.1) is 6.42 Å². The van der Waals surface area contributed by atoms with Gasteiger partial charge < -0.3 is 9.80 Å². The molecule has 2 aromatic carbocycles. The van der Waals surface area contributed by atoms with Crippen molar-refractivity contribution < 1.29 is 9.59 Å². The Hall–Kier alpha value is -2.62. The number of carbonyl (C=O) groups excluding carboxylic acids is 2. The lowest BCUT2D eigenvalue weighted by molar-refractivity contribution is -0.133. The summed E-state index contributed by atoms with van der Waals surface area (Å²) >= 11 is 0. The van der Waals surface area contributed by atoms with Crippen molar-refractivity contribution in [3.8, 4) is 0 Å². The smallest absolute Gasteiger partial charge is 0.227 e. The van der Waals surface area contributed by atoms with Gasteiger partial charge in [-0.2, -0.15) is 0 Å². The van der Waals surface area contributed by atoms with Crippen LogP contribution in [0.15, 0.2) is 54.6 Å². The molecular formula is C23H28N2O2. The minimum absolute atomic E-state index is 0.148. The summed E-state index contributed by atoms with van der Waals surface area (Å²) in [6.45, 7) is 4.79. The van der Waals surface area contributed by atoms with Gasteiger partial charge in [-0.25, -0.2) is 0 Å². The number of carbonyl (C=O) groups is 2. The lowest BCUT2D eigenvalue weighted by Gasteiger charge is -2.22. The van der Waals surface area contributed by atoms with Gasteiger partial charge in [-0.05, 0) is 30.9 Å². The van der Waals surface area contributed by atoms with Gasteiger partial charge in [0.2, 0.25) is 11.8 Å². The van der Waals surface area contributed by atoms with E-state index in [9.17, 15) is 9.59 Å². The minimum Gasteiger partial charge on any atom is -0.341 e. The molecule has 1 aliphatic heterocycles. The first-order valence-electron chi connectivity index (χ1n) is 9.77. The van der Waals surface area contributed by atoms with E-state index in [-0.39, 0.29) is 11.8 Å². The second-order valence-electron chi connectivity index (χ2n) is 7.26. The Morgan fingerprint density at radius 1 is 0.778 bits per heavy atom. The number of aryl methyl sites for hydroxylation is 2. The van der Waals surface area contributed by atoms with Crippen molar-refractivity contribution in [2.75, 3.05) is 26.2 Å². The molecule has 2 amide bonds. The molecule has 0 aromatic heterocycles. The van der Waals surface area contributed by atoms with E-state index in [0.29, 0.717) is 25.9 Å². The van der Waals surface area contributed by atoms with Crippen LogP contribution in [0.25, 0.3) is 0 Å². The predicted octanol–water partition coefficient (Wildman–Crippen LogP) is 3.23. The summed E-state index contributed by atoms with van der Waals surface area (Å²) in [5.41, 5.74) is 3.47. The quantitative estimate of drug-likeness (QED) is 0.817. The van der Waals surface area contributed by atoms with E-state index in [1.54, 1.807) is 0 Å². The molecule has 0 spiro atoms. The van der Waals surface area contributed by atoms with E-state index >= 15 is 0 Å². The van der Waals surface area contributed by atoms with Gasteiger partial charge in [-0.15, -0.1) is 0 Å². The lowest BCUT2D eigenvalue weighted by Crippen LogP contribution is -2.38. The number of benzene rings is 2. The Morgan fingerprint density at radius 2 is 1.41 bits per heavy atom. The van der Waals surface area contributed by atoms with Crippen LogP contribution in [0, 0.1) is 6.92 Å². The minimum atomic E-state index is 0.148. The van der Waals surface area contributed by atoms with Crippen LogP contribution in [0.4, 0.5) is 0 Å². The maximum atomic E-state index is 12.6. The topological polar surface area (TPSA) is 40.6 Å². The summed E-state index contributed by atoms with van der Waals surface area (Å²) in [5.74, 6) is 0.336. The van der Waals surface area contributed by atoms with Crippen LogP contribution < -0.4 is 0 Å². The molecule has 1 aliphatic rings. The van der Waals surface area contributed by atoms with Crippen molar-refractivity contribution in [2.24, 2.45) is 0 Å². The highest BCUT2D eigenvalue weighted by molar-refractivity contribution is 5.79. The number of hydrogen-bond acceptors (Lipinski definition) is 2. The molecule has 27 heavy (non-hydrogen) atoms. The van der Waals surface area contributed by atoms with Crippen LogP contribution in [0.1, 0.15) is 29.5 Å². The van der Waals surface area contributed by atoms with Gasteiger partial charge in [-0.1, -0.05) is 60.2 Å². The van der Waals surface area contributed by atoms with Crippen molar-refractivity contribution in [3.63, 3.8) is 0 Å². The summed E-state index contributed by atoms with van der Waals surface area (Å²) < 4.78 is 0. The first kappa shape index (κ1) is 19.2. The zero-order valence-corrected chi connectivity index (χ0v) is 16.1. The van der Waals surface area contributed by atoms with E-state index in [4.69, 9.17) is 0 Å². The molecule has 0 unspecified atom stereocenters. The van der Waals surface area contributed by atoms with Gasteiger partial charge in [-0.3, -0.25) is 9.59 Å². The highest BCUT2D eigenvalue weighted by Crippen LogP contribution is 2.11. The van der Waals surface area contributed by atoms with Crippen LogP contribution in [0.5, 0.6) is 0 Å². The molecule has 142 valence electrons. The fourth-order valence-corrected chi connectivity index (χ4v) is 3.46.